The highest BCUT2D eigenvalue weighted by Crippen LogP contribution is 2.27. The fourth-order valence-electron chi connectivity index (χ4n) is 1.46. The predicted molar refractivity (Wildman–Crippen MR) is 55.4 cm³/mol. The zero-order valence-corrected chi connectivity index (χ0v) is 7.40. The summed E-state index contributed by atoms with van der Waals surface area (Å²) in [6.07, 6.45) is 4.60. The van der Waals surface area contributed by atoms with Crippen LogP contribution < -0.4 is 5.73 Å². The van der Waals surface area contributed by atoms with E-state index in [0.717, 1.165) is 17.7 Å². The largest absolute Gasteiger partial charge is 0.321 e. The molecule has 0 amide bonds. The van der Waals surface area contributed by atoms with Crippen molar-refractivity contribution < 1.29 is 0 Å². The molecule has 0 bridgehead atoms. The van der Waals surface area contributed by atoms with Gasteiger partial charge in [0.25, 0.3) is 0 Å². The first kappa shape index (κ1) is 8.20. The number of rotatable bonds is 2. The molecule has 1 aliphatic rings. The maximum Gasteiger partial charge on any atom is 0.0664 e. The molecule has 1 heterocycles. The van der Waals surface area contributed by atoms with Gasteiger partial charge in [-0.2, -0.15) is 0 Å². The average molecular weight is 172 g/mol. The lowest BCUT2D eigenvalue weighted by Crippen LogP contribution is -2.05. The Morgan fingerprint density at radius 3 is 3.15 bits per heavy atom. The van der Waals surface area contributed by atoms with Crippen molar-refractivity contribution in [2.45, 2.75) is 12.5 Å². The van der Waals surface area contributed by atoms with Crippen molar-refractivity contribution in [1.29, 1.82) is 0 Å². The van der Waals surface area contributed by atoms with Gasteiger partial charge in [0, 0.05) is 18.7 Å². The molecule has 1 unspecified atom stereocenters. The Bertz CT molecular complexity index is 366. The van der Waals surface area contributed by atoms with E-state index >= 15 is 0 Å². The SMILES string of the molecule is C=CC(N)c1ccc2c(c1)N=CC2. The van der Waals surface area contributed by atoms with E-state index in [1.807, 2.05) is 18.3 Å². The Balaban J connectivity index is 2.40. The maximum atomic E-state index is 5.82. The molecule has 1 aliphatic heterocycles. The molecule has 0 fully saturated rings. The zero-order chi connectivity index (χ0) is 9.26. The van der Waals surface area contributed by atoms with E-state index in [1.54, 1.807) is 6.08 Å². The van der Waals surface area contributed by atoms with Crippen molar-refractivity contribution in [2.24, 2.45) is 10.7 Å². The van der Waals surface area contributed by atoms with Crippen LogP contribution in [0.4, 0.5) is 5.69 Å². The number of nitrogens with two attached hydrogens (primary N) is 1. The number of benzene rings is 1. The van der Waals surface area contributed by atoms with Gasteiger partial charge >= 0.3 is 0 Å². The van der Waals surface area contributed by atoms with Crippen LogP contribution in [0.1, 0.15) is 17.2 Å². The van der Waals surface area contributed by atoms with E-state index in [-0.39, 0.29) is 6.04 Å². The molecule has 0 aliphatic carbocycles. The van der Waals surface area contributed by atoms with E-state index in [0.29, 0.717) is 0 Å². The minimum absolute atomic E-state index is 0.0823. The Kier molecular flexibility index (Phi) is 1.99. The van der Waals surface area contributed by atoms with Gasteiger partial charge in [-0.3, -0.25) is 4.99 Å². The van der Waals surface area contributed by atoms with E-state index in [4.69, 9.17) is 5.73 Å². The molecule has 1 aromatic rings. The molecule has 0 spiro atoms. The number of nitrogens with zero attached hydrogens (tertiary/aromatic N) is 1. The first-order valence-corrected chi connectivity index (χ1v) is 4.35. The van der Waals surface area contributed by atoms with Crippen LogP contribution in [-0.2, 0) is 6.42 Å². The summed E-state index contributed by atoms with van der Waals surface area (Å²) in [7, 11) is 0. The molecule has 0 saturated heterocycles. The lowest BCUT2D eigenvalue weighted by Gasteiger charge is -2.07. The lowest BCUT2D eigenvalue weighted by molar-refractivity contribution is 0.914. The third kappa shape index (κ3) is 1.40. The summed E-state index contributed by atoms with van der Waals surface area (Å²) in [5.41, 5.74) is 9.22. The van der Waals surface area contributed by atoms with Gasteiger partial charge in [0.05, 0.1) is 5.69 Å². The Labute approximate surface area is 77.8 Å². The summed E-state index contributed by atoms with van der Waals surface area (Å²) in [6.45, 7) is 3.67. The molecule has 0 radical (unpaired) electrons. The predicted octanol–water partition coefficient (Wildman–Crippen LogP) is 2.13. The Hall–Kier alpha value is -1.41. The smallest absolute Gasteiger partial charge is 0.0664 e. The molecule has 0 aromatic heterocycles. The average Bonchev–Trinajstić information content (AvgIpc) is 2.63. The van der Waals surface area contributed by atoms with Crippen LogP contribution >= 0.6 is 0 Å². The number of hydrogen-bond donors (Lipinski definition) is 1. The third-order valence-electron chi connectivity index (χ3n) is 2.29. The van der Waals surface area contributed by atoms with Crippen LogP contribution in [0.15, 0.2) is 35.8 Å². The lowest BCUT2D eigenvalue weighted by atomic mass is 10.0. The van der Waals surface area contributed by atoms with Gasteiger partial charge in [-0.05, 0) is 17.2 Å². The second kappa shape index (κ2) is 3.15. The molecule has 66 valence electrons. The zero-order valence-electron chi connectivity index (χ0n) is 7.40. The standard InChI is InChI=1S/C11H12N2/c1-2-10(12)9-4-3-8-5-6-13-11(8)7-9/h2-4,6-7,10H,1,5,12H2. The van der Waals surface area contributed by atoms with Crippen molar-refractivity contribution in [1.82, 2.24) is 0 Å². The second-order valence-corrected chi connectivity index (χ2v) is 3.17. The van der Waals surface area contributed by atoms with Crippen LogP contribution in [0, 0.1) is 0 Å². The van der Waals surface area contributed by atoms with Crippen molar-refractivity contribution in [3.63, 3.8) is 0 Å². The molecule has 2 N–H and O–H groups in total. The molecule has 2 nitrogen and oxygen atoms in total. The molecule has 2 heteroatoms. The van der Waals surface area contributed by atoms with E-state index in [2.05, 4.69) is 17.6 Å². The molecule has 1 aromatic carbocycles. The van der Waals surface area contributed by atoms with Crippen LogP contribution in [0.25, 0.3) is 0 Å². The van der Waals surface area contributed by atoms with Gasteiger partial charge in [0.2, 0.25) is 0 Å². The van der Waals surface area contributed by atoms with Gasteiger partial charge in [0.1, 0.15) is 0 Å². The van der Waals surface area contributed by atoms with Gasteiger partial charge in [-0.15, -0.1) is 6.58 Å². The van der Waals surface area contributed by atoms with Gasteiger partial charge in [0.15, 0.2) is 0 Å². The fraction of sp³-hybridized carbons (Fsp3) is 0.182. The minimum atomic E-state index is -0.0823. The molecular formula is C11H12N2. The number of fused-ring (bicyclic) bond motifs is 1. The van der Waals surface area contributed by atoms with E-state index in [1.165, 1.54) is 5.56 Å². The summed E-state index contributed by atoms with van der Waals surface area (Å²) in [5, 5.41) is 0. The van der Waals surface area contributed by atoms with Crippen molar-refractivity contribution in [3.05, 3.63) is 42.0 Å². The molecule has 2 rings (SSSR count). The third-order valence-corrected chi connectivity index (χ3v) is 2.29. The minimum Gasteiger partial charge on any atom is -0.321 e. The monoisotopic (exact) mass is 172 g/mol. The molecule has 1 atom stereocenters. The van der Waals surface area contributed by atoms with Gasteiger partial charge in [-0.1, -0.05) is 18.2 Å². The normalized spacial score (nSPS) is 15.5. The Morgan fingerprint density at radius 1 is 1.54 bits per heavy atom. The highest BCUT2D eigenvalue weighted by molar-refractivity contribution is 5.76. The molecule has 13 heavy (non-hydrogen) atoms. The van der Waals surface area contributed by atoms with E-state index < -0.39 is 0 Å². The first-order chi connectivity index (χ1) is 6.31. The maximum absolute atomic E-state index is 5.82. The highest BCUT2D eigenvalue weighted by Gasteiger charge is 2.08. The Morgan fingerprint density at radius 2 is 2.38 bits per heavy atom. The second-order valence-electron chi connectivity index (χ2n) is 3.17. The van der Waals surface area contributed by atoms with Crippen LogP contribution in [0.2, 0.25) is 0 Å². The number of hydrogen-bond acceptors (Lipinski definition) is 2. The summed E-state index contributed by atoms with van der Waals surface area (Å²) in [6, 6.07) is 6.08. The molecular weight excluding hydrogens is 160 g/mol. The van der Waals surface area contributed by atoms with Crippen LogP contribution in [0.3, 0.4) is 0 Å². The summed E-state index contributed by atoms with van der Waals surface area (Å²) >= 11 is 0. The van der Waals surface area contributed by atoms with Crippen molar-refractivity contribution in [3.8, 4) is 0 Å². The van der Waals surface area contributed by atoms with Crippen LogP contribution in [-0.4, -0.2) is 6.21 Å². The van der Waals surface area contributed by atoms with Gasteiger partial charge < -0.3 is 5.73 Å². The number of aliphatic imine (C=N–C) groups is 1. The topological polar surface area (TPSA) is 38.4 Å². The van der Waals surface area contributed by atoms with Crippen LogP contribution in [0.5, 0.6) is 0 Å². The quantitative estimate of drug-likeness (QED) is 0.682. The summed E-state index contributed by atoms with van der Waals surface area (Å²) in [4.78, 5) is 4.26. The van der Waals surface area contributed by atoms with E-state index in [9.17, 15) is 0 Å². The van der Waals surface area contributed by atoms with Gasteiger partial charge in [-0.25, -0.2) is 0 Å². The molecule has 0 saturated carbocycles. The first-order valence-electron chi connectivity index (χ1n) is 4.35. The summed E-state index contributed by atoms with van der Waals surface area (Å²) in [5.74, 6) is 0. The van der Waals surface area contributed by atoms with Crippen molar-refractivity contribution in [2.75, 3.05) is 0 Å². The fourth-order valence-corrected chi connectivity index (χ4v) is 1.46. The van der Waals surface area contributed by atoms with Crippen molar-refractivity contribution >= 4 is 11.9 Å². The summed E-state index contributed by atoms with van der Waals surface area (Å²) < 4.78 is 0. The highest BCUT2D eigenvalue weighted by atomic mass is 14.7.